The first-order valence-electron chi connectivity index (χ1n) is 8.08. The lowest BCUT2D eigenvalue weighted by Gasteiger charge is -2.25. The van der Waals surface area contributed by atoms with Crippen molar-refractivity contribution in [2.24, 2.45) is 0 Å². The molecule has 0 bridgehead atoms. The van der Waals surface area contributed by atoms with Crippen LogP contribution >= 0.6 is 11.8 Å². The number of thioether (sulfide) groups is 1. The van der Waals surface area contributed by atoms with E-state index in [9.17, 15) is 13.6 Å². The number of carbonyl (C=O) groups is 1. The normalized spacial score (nSPS) is 17.1. The van der Waals surface area contributed by atoms with Crippen LogP contribution in [0.25, 0.3) is 0 Å². The summed E-state index contributed by atoms with van der Waals surface area (Å²) in [7, 11) is 1.62. The number of nitrogens with zero attached hydrogens (tertiary/aromatic N) is 1. The predicted molar refractivity (Wildman–Crippen MR) is 94.3 cm³/mol. The zero-order chi connectivity index (χ0) is 17.8. The molecular formula is C19H19F2NO2S. The second kappa shape index (κ2) is 7.87. The lowest BCUT2D eigenvalue weighted by molar-refractivity contribution is 0.0735. The molecule has 1 atom stereocenters. The number of methoxy groups -OCH3 is 1. The summed E-state index contributed by atoms with van der Waals surface area (Å²) in [5.41, 5.74) is 1.57. The van der Waals surface area contributed by atoms with Crippen molar-refractivity contribution in [2.75, 3.05) is 13.7 Å². The molecule has 1 heterocycles. The molecule has 0 aliphatic carbocycles. The maximum Gasteiger partial charge on any atom is 0.288 e. The second-order valence-corrected chi connectivity index (χ2v) is 6.90. The van der Waals surface area contributed by atoms with Crippen molar-refractivity contribution in [1.29, 1.82) is 0 Å². The number of ether oxygens (including phenoxy) is 1. The Labute approximate surface area is 150 Å². The zero-order valence-electron chi connectivity index (χ0n) is 13.8. The van der Waals surface area contributed by atoms with Crippen LogP contribution in [0.1, 0.15) is 34.8 Å². The number of carbonyl (C=O) groups excluding carboxylic acids is 1. The monoisotopic (exact) mass is 363 g/mol. The molecule has 1 aliphatic rings. The molecule has 2 aromatic carbocycles. The maximum absolute atomic E-state index is 12.9. The Hall–Kier alpha value is -2.08. The molecule has 1 amide bonds. The minimum absolute atomic E-state index is 0.0118. The highest BCUT2D eigenvalue weighted by atomic mass is 32.2. The fourth-order valence-electron chi connectivity index (χ4n) is 3.15. The second-order valence-electron chi connectivity index (χ2n) is 5.84. The Kier molecular flexibility index (Phi) is 5.58. The minimum Gasteiger partial charge on any atom is -0.497 e. The predicted octanol–water partition coefficient (Wildman–Crippen LogP) is 4.99. The van der Waals surface area contributed by atoms with E-state index in [4.69, 9.17) is 4.74 Å². The lowest BCUT2D eigenvalue weighted by atomic mass is 10.0. The third-order valence-corrected chi connectivity index (χ3v) is 5.04. The van der Waals surface area contributed by atoms with Gasteiger partial charge in [0.2, 0.25) is 0 Å². The Morgan fingerprint density at radius 3 is 2.68 bits per heavy atom. The van der Waals surface area contributed by atoms with Crippen molar-refractivity contribution < 1.29 is 18.3 Å². The van der Waals surface area contributed by atoms with E-state index in [0.29, 0.717) is 28.8 Å². The summed E-state index contributed by atoms with van der Waals surface area (Å²) >= 11 is 0.480. The summed E-state index contributed by atoms with van der Waals surface area (Å²) in [5.74, 6) is -1.76. The van der Waals surface area contributed by atoms with E-state index in [2.05, 4.69) is 0 Å². The van der Waals surface area contributed by atoms with E-state index in [1.165, 1.54) is 0 Å². The number of hydrogen-bond donors (Lipinski definition) is 0. The molecule has 3 nitrogen and oxygen atoms in total. The number of hydrogen-bond acceptors (Lipinski definition) is 3. The molecule has 1 aliphatic heterocycles. The number of likely N-dealkylation sites (tertiary alicyclic amines) is 1. The van der Waals surface area contributed by atoms with Crippen LogP contribution < -0.4 is 4.74 Å². The highest BCUT2D eigenvalue weighted by molar-refractivity contribution is 7.99. The third kappa shape index (κ3) is 4.12. The molecule has 1 unspecified atom stereocenters. The van der Waals surface area contributed by atoms with Gasteiger partial charge in [0.15, 0.2) is 0 Å². The van der Waals surface area contributed by atoms with Crippen LogP contribution in [0, 0.1) is 0 Å². The van der Waals surface area contributed by atoms with Crippen molar-refractivity contribution in [1.82, 2.24) is 4.90 Å². The van der Waals surface area contributed by atoms with Crippen molar-refractivity contribution in [3.63, 3.8) is 0 Å². The standard InChI is InChI=1S/C19H19F2NO2S/c1-24-15-5-2-4-14(12-15)17-6-3-11-22(17)18(23)13-7-9-16(10-8-13)25-19(20)21/h2,4-5,7-10,12,17,19H,3,6,11H2,1H3. The van der Waals surface area contributed by atoms with Gasteiger partial charge in [-0.2, -0.15) is 8.78 Å². The fourth-order valence-corrected chi connectivity index (χ4v) is 3.65. The molecular weight excluding hydrogens is 344 g/mol. The van der Waals surface area contributed by atoms with Crippen LogP contribution in [-0.2, 0) is 0 Å². The van der Waals surface area contributed by atoms with Crippen molar-refractivity contribution in [2.45, 2.75) is 29.5 Å². The first kappa shape index (κ1) is 17.7. The molecule has 1 fully saturated rings. The molecule has 1 saturated heterocycles. The molecule has 132 valence electrons. The number of halogens is 2. The number of benzene rings is 2. The molecule has 3 rings (SSSR count). The maximum atomic E-state index is 12.9. The van der Waals surface area contributed by atoms with Gasteiger partial charge in [-0.25, -0.2) is 0 Å². The van der Waals surface area contributed by atoms with Crippen molar-refractivity contribution in [3.8, 4) is 5.75 Å². The van der Waals surface area contributed by atoms with Gasteiger partial charge in [-0.05, 0) is 54.8 Å². The smallest absolute Gasteiger partial charge is 0.288 e. The molecule has 0 saturated carbocycles. The summed E-state index contributed by atoms with van der Waals surface area (Å²) in [4.78, 5) is 15.2. The van der Waals surface area contributed by atoms with Crippen LogP contribution in [0.15, 0.2) is 53.4 Å². The van der Waals surface area contributed by atoms with Gasteiger partial charge in [0.05, 0.1) is 13.2 Å². The van der Waals surface area contributed by atoms with E-state index in [1.54, 1.807) is 31.4 Å². The Morgan fingerprint density at radius 2 is 2.00 bits per heavy atom. The van der Waals surface area contributed by atoms with Crippen LogP contribution in [0.4, 0.5) is 8.78 Å². The van der Waals surface area contributed by atoms with Gasteiger partial charge < -0.3 is 9.64 Å². The highest BCUT2D eigenvalue weighted by Gasteiger charge is 2.30. The van der Waals surface area contributed by atoms with E-state index in [0.717, 1.165) is 24.2 Å². The summed E-state index contributed by atoms with van der Waals surface area (Å²) < 4.78 is 30.1. The summed E-state index contributed by atoms with van der Waals surface area (Å²) in [5, 5.41) is 0. The van der Waals surface area contributed by atoms with Gasteiger partial charge in [0.25, 0.3) is 11.7 Å². The zero-order valence-corrected chi connectivity index (χ0v) is 14.6. The fraction of sp³-hybridized carbons (Fsp3) is 0.316. The van der Waals surface area contributed by atoms with E-state index >= 15 is 0 Å². The van der Waals surface area contributed by atoms with Crippen molar-refractivity contribution >= 4 is 17.7 Å². The highest BCUT2D eigenvalue weighted by Crippen LogP contribution is 2.35. The molecule has 0 spiro atoms. The van der Waals surface area contributed by atoms with E-state index < -0.39 is 5.76 Å². The van der Waals surface area contributed by atoms with Gasteiger partial charge >= 0.3 is 0 Å². The minimum atomic E-state index is -2.46. The topological polar surface area (TPSA) is 29.5 Å². The van der Waals surface area contributed by atoms with E-state index in [1.807, 2.05) is 29.2 Å². The largest absolute Gasteiger partial charge is 0.497 e. The summed E-state index contributed by atoms with van der Waals surface area (Å²) in [6.07, 6.45) is 1.84. The average molecular weight is 363 g/mol. The third-order valence-electron chi connectivity index (χ3n) is 4.32. The van der Waals surface area contributed by atoms with Crippen LogP contribution in [0.5, 0.6) is 5.75 Å². The van der Waals surface area contributed by atoms with Gasteiger partial charge in [-0.1, -0.05) is 23.9 Å². The van der Waals surface area contributed by atoms with Gasteiger partial charge in [0, 0.05) is 17.0 Å². The molecule has 0 aromatic heterocycles. The molecule has 0 radical (unpaired) electrons. The van der Waals surface area contributed by atoms with Gasteiger partial charge in [-0.15, -0.1) is 0 Å². The molecule has 6 heteroatoms. The van der Waals surface area contributed by atoms with Crippen LogP contribution in [0.2, 0.25) is 0 Å². The summed E-state index contributed by atoms with van der Waals surface area (Å²) in [6.45, 7) is 0.689. The molecule has 0 N–H and O–H groups in total. The van der Waals surface area contributed by atoms with E-state index in [-0.39, 0.29) is 11.9 Å². The molecule has 25 heavy (non-hydrogen) atoms. The summed E-state index contributed by atoms with van der Waals surface area (Å²) in [6, 6.07) is 14.1. The number of alkyl halides is 2. The van der Waals surface area contributed by atoms with Gasteiger partial charge in [-0.3, -0.25) is 4.79 Å². The number of rotatable bonds is 5. The van der Waals surface area contributed by atoms with Crippen LogP contribution in [0.3, 0.4) is 0 Å². The van der Waals surface area contributed by atoms with Crippen LogP contribution in [-0.4, -0.2) is 30.2 Å². The van der Waals surface area contributed by atoms with Crippen molar-refractivity contribution in [3.05, 3.63) is 59.7 Å². The quantitative estimate of drug-likeness (QED) is 0.701. The first-order chi connectivity index (χ1) is 12.1. The molecule has 2 aromatic rings. The van der Waals surface area contributed by atoms with Gasteiger partial charge in [0.1, 0.15) is 5.75 Å². The Balaban J connectivity index is 1.78. The Morgan fingerprint density at radius 1 is 1.24 bits per heavy atom. The number of amides is 1. The first-order valence-corrected chi connectivity index (χ1v) is 8.96. The Bertz CT molecular complexity index is 736. The average Bonchev–Trinajstić information content (AvgIpc) is 3.11. The SMILES string of the molecule is COc1cccc(C2CCCN2C(=O)c2ccc(SC(F)F)cc2)c1. The lowest BCUT2D eigenvalue weighted by Crippen LogP contribution is -2.30.